The van der Waals surface area contributed by atoms with Gasteiger partial charge in [-0.3, -0.25) is 14.9 Å². The number of rotatable bonds is 4. The number of amides is 1. The molecule has 6 nitrogen and oxygen atoms in total. The summed E-state index contributed by atoms with van der Waals surface area (Å²) in [7, 11) is 1.61. The molecule has 0 bridgehead atoms. The predicted octanol–water partition coefficient (Wildman–Crippen LogP) is 5.67. The molecule has 2 heterocycles. The lowest BCUT2D eigenvalue weighted by Gasteiger charge is -2.34. The van der Waals surface area contributed by atoms with Crippen molar-refractivity contribution in [1.29, 1.82) is 0 Å². The van der Waals surface area contributed by atoms with E-state index >= 15 is 0 Å². The van der Waals surface area contributed by atoms with E-state index in [2.05, 4.69) is 31.5 Å². The molecule has 0 saturated heterocycles. The second-order valence-electron chi connectivity index (χ2n) is 8.13. The van der Waals surface area contributed by atoms with Crippen LogP contribution in [0.5, 0.6) is 5.75 Å². The van der Waals surface area contributed by atoms with Crippen molar-refractivity contribution in [3.63, 3.8) is 0 Å². The van der Waals surface area contributed by atoms with Crippen LogP contribution < -0.4 is 15.4 Å². The van der Waals surface area contributed by atoms with Crippen LogP contribution in [-0.2, 0) is 9.59 Å². The first kappa shape index (κ1) is 21.9. The molecule has 168 valence electrons. The van der Waals surface area contributed by atoms with E-state index in [4.69, 9.17) is 4.74 Å². The molecule has 2 aromatic carbocycles. The largest absolute Gasteiger partial charge is 0.497 e. The van der Waals surface area contributed by atoms with Crippen molar-refractivity contribution in [2.24, 2.45) is 0 Å². The first-order chi connectivity index (χ1) is 15.9. The molecule has 1 aliphatic heterocycles. The van der Waals surface area contributed by atoms with Crippen molar-refractivity contribution in [3.05, 3.63) is 75.0 Å². The molecule has 0 radical (unpaired) electrons. The van der Waals surface area contributed by atoms with E-state index in [9.17, 15) is 9.59 Å². The lowest BCUT2D eigenvalue weighted by atomic mass is 9.75. The van der Waals surface area contributed by atoms with Crippen LogP contribution in [0.1, 0.15) is 37.7 Å². The summed E-state index contributed by atoms with van der Waals surface area (Å²) in [6.45, 7) is 1.89. The third-order valence-corrected chi connectivity index (χ3v) is 7.45. The smallest absolute Gasteiger partial charge is 0.256 e. The minimum Gasteiger partial charge on any atom is -0.497 e. The van der Waals surface area contributed by atoms with Gasteiger partial charge < -0.3 is 10.1 Å². The van der Waals surface area contributed by atoms with Gasteiger partial charge in [0.1, 0.15) is 5.75 Å². The Balaban J connectivity index is 1.56. The summed E-state index contributed by atoms with van der Waals surface area (Å²) in [5.41, 5.74) is 4.55. The number of aromatic nitrogens is 1. The topological polar surface area (TPSA) is 80.3 Å². The van der Waals surface area contributed by atoms with Gasteiger partial charge in [-0.2, -0.15) is 0 Å². The van der Waals surface area contributed by atoms with Crippen molar-refractivity contribution < 1.29 is 14.3 Å². The van der Waals surface area contributed by atoms with Gasteiger partial charge >= 0.3 is 0 Å². The van der Waals surface area contributed by atoms with Gasteiger partial charge in [0.2, 0.25) is 0 Å². The molecule has 8 heteroatoms. The van der Waals surface area contributed by atoms with Gasteiger partial charge in [-0.1, -0.05) is 39.4 Å². The first-order valence-corrected chi connectivity index (χ1v) is 12.3. The van der Waals surface area contributed by atoms with Crippen LogP contribution in [-0.4, -0.2) is 23.8 Å². The third kappa shape index (κ3) is 4.09. The average Bonchev–Trinajstić information content (AvgIpc) is 3.19. The fourth-order valence-electron chi connectivity index (χ4n) is 4.56. The number of halogens is 1. The summed E-state index contributed by atoms with van der Waals surface area (Å²) in [6, 6.07) is 13.4. The number of nitrogens with one attached hydrogen (secondary N) is 2. The number of ether oxygens (including phenoxy) is 1. The molecule has 1 atom stereocenters. The number of hydrogen-bond donors (Lipinski definition) is 2. The van der Waals surface area contributed by atoms with E-state index in [0.717, 1.165) is 44.5 Å². The number of carbonyl (C=O) groups is 2. The van der Waals surface area contributed by atoms with E-state index in [1.54, 1.807) is 7.11 Å². The monoisotopic (exact) mass is 523 g/mol. The SMILES string of the molecule is COc1cccc(C2C(C(=O)Nc3nc4ccc(Br)cc4s3)=C(C)NC3=C2C(=O)CCC3)c1. The number of hydrogen-bond acceptors (Lipinski definition) is 6. The molecule has 1 aromatic heterocycles. The van der Waals surface area contributed by atoms with E-state index in [1.165, 1.54) is 11.3 Å². The molecule has 0 saturated carbocycles. The van der Waals surface area contributed by atoms with Crippen LogP contribution in [0.2, 0.25) is 0 Å². The van der Waals surface area contributed by atoms with Crippen LogP contribution in [0.15, 0.2) is 69.5 Å². The Kier molecular flexibility index (Phi) is 5.80. The van der Waals surface area contributed by atoms with Crippen molar-refractivity contribution in [2.45, 2.75) is 32.1 Å². The second-order valence-corrected chi connectivity index (χ2v) is 10.1. The van der Waals surface area contributed by atoms with Gasteiger partial charge in [0, 0.05) is 39.4 Å². The zero-order valence-electron chi connectivity index (χ0n) is 18.2. The van der Waals surface area contributed by atoms with Crippen LogP contribution in [0.4, 0.5) is 5.13 Å². The number of carbonyl (C=O) groups excluding carboxylic acids is 2. The van der Waals surface area contributed by atoms with Gasteiger partial charge in [0.05, 0.1) is 17.3 Å². The van der Waals surface area contributed by atoms with Crippen molar-refractivity contribution >= 4 is 54.3 Å². The van der Waals surface area contributed by atoms with Gasteiger partial charge in [-0.15, -0.1) is 0 Å². The Morgan fingerprint density at radius 1 is 1.24 bits per heavy atom. The van der Waals surface area contributed by atoms with Crippen LogP contribution >= 0.6 is 27.3 Å². The zero-order valence-corrected chi connectivity index (χ0v) is 20.6. The number of nitrogens with zero attached hydrogens (tertiary/aromatic N) is 1. The van der Waals surface area contributed by atoms with Crippen LogP contribution in [0.25, 0.3) is 10.2 Å². The molecular weight excluding hydrogens is 502 g/mol. The Hall–Kier alpha value is -2.97. The number of Topliss-reactive ketones (excluding diaryl/α,β-unsaturated/α-hetero) is 1. The maximum Gasteiger partial charge on any atom is 0.256 e. The molecule has 1 aliphatic carbocycles. The molecular formula is C25H22BrN3O3S. The zero-order chi connectivity index (χ0) is 23.1. The number of ketones is 1. The molecule has 0 spiro atoms. The predicted molar refractivity (Wildman–Crippen MR) is 133 cm³/mol. The molecule has 1 amide bonds. The maximum absolute atomic E-state index is 13.6. The lowest BCUT2D eigenvalue weighted by Crippen LogP contribution is -2.35. The summed E-state index contributed by atoms with van der Waals surface area (Å²) in [6.07, 6.45) is 2.09. The first-order valence-electron chi connectivity index (χ1n) is 10.7. The minimum atomic E-state index is -0.465. The highest BCUT2D eigenvalue weighted by atomic mass is 79.9. The van der Waals surface area contributed by atoms with Crippen molar-refractivity contribution in [2.75, 3.05) is 12.4 Å². The second kappa shape index (κ2) is 8.76. The Morgan fingerprint density at radius 3 is 2.91 bits per heavy atom. The average molecular weight is 524 g/mol. The maximum atomic E-state index is 13.6. The highest BCUT2D eigenvalue weighted by Crippen LogP contribution is 2.43. The van der Waals surface area contributed by atoms with Gasteiger partial charge in [0.15, 0.2) is 10.9 Å². The number of methoxy groups -OCH3 is 1. The summed E-state index contributed by atoms with van der Waals surface area (Å²) >= 11 is 4.89. The fraction of sp³-hybridized carbons (Fsp3) is 0.240. The summed E-state index contributed by atoms with van der Waals surface area (Å²) in [5.74, 6) is 0.0355. The molecule has 5 rings (SSSR count). The molecule has 0 fully saturated rings. The van der Waals surface area contributed by atoms with Crippen molar-refractivity contribution in [3.8, 4) is 5.75 Å². The number of benzene rings is 2. The van der Waals surface area contributed by atoms with E-state index in [1.807, 2.05) is 49.4 Å². The fourth-order valence-corrected chi connectivity index (χ4v) is 5.97. The Bertz CT molecular complexity index is 1360. The lowest BCUT2D eigenvalue weighted by molar-refractivity contribution is -0.116. The number of anilines is 1. The standard InChI is InChI=1S/C25H22BrN3O3S/c1-13-21(24(31)29-25-28-17-10-9-15(26)12-20(17)33-25)22(14-5-3-6-16(11-14)32-2)23-18(27-13)7-4-8-19(23)30/h3,5-6,9-12,22,27H,4,7-8H2,1-2H3,(H,28,29,31). The normalized spacial score (nSPS) is 18.3. The molecule has 2 N–H and O–H groups in total. The van der Waals surface area contributed by atoms with E-state index < -0.39 is 5.92 Å². The Morgan fingerprint density at radius 2 is 2.09 bits per heavy atom. The highest BCUT2D eigenvalue weighted by Gasteiger charge is 2.38. The van der Waals surface area contributed by atoms with Gasteiger partial charge in [0.25, 0.3) is 5.91 Å². The molecule has 1 unspecified atom stereocenters. The summed E-state index contributed by atoms with van der Waals surface area (Å²) in [5, 5.41) is 6.85. The van der Waals surface area contributed by atoms with Crippen molar-refractivity contribution in [1.82, 2.24) is 10.3 Å². The van der Waals surface area contributed by atoms with Gasteiger partial charge in [-0.25, -0.2) is 4.98 Å². The van der Waals surface area contributed by atoms with Crippen LogP contribution in [0.3, 0.4) is 0 Å². The number of fused-ring (bicyclic) bond motifs is 1. The number of thiazole rings is 1. The number of dihydropyridines is 1. The quantitative estimate of drug-likeness (QED) is 0.460. The summed E-state index contributed by atoms with van der Waals surface area (Å²) < 4.78 is 7.36. The number of allylic oxidation sites excluding steroid dienone is 3. The molecule has 3 aromatic rings. The van der Waals surface area contributed by atoms with Gasteiger partial charge in [-0.05, 0) is 55.7 Å². The molecule has 2 aliphatic rings. The van der Waals surface area contributed by atoms with Crippen LogP contribution in [0, 0.1) is 0 Å². The minimum absolute atomic E-state index is 0.0826. The van der Waals surface area contributed by atoms with E-state index in [0.29, 0.717) is 28.4 Å². The highest BCUT2D eigenvalue weighted by molar-refractivity contribution is 9.10. The third-order valence-electron chi connectivity index (χ3n) is 6.02. The van der Waals surface area contributed by atoms with E-state index in [-0.39, 0.29) is 11.7 Å². The molecule has 33 heavy (non-hydrogen) atoms. The summed E-state index contributed by atoms with van der Waals surface area (Å²) in [4.78, 5) is 31.2. The Labute approximate surface area is 203 Å².